The van der Waals surface area contributed by atoms with Gasteiger partial charge in [0.15, 0.2) is 0 Å². The van der Waals surface area contributed by atoms with Gasteiger partial charge < -0.3 is 9.32 Å². The van der Waals surface area contributed by atoms with Gasteiger partial charge in [-0.05, 0) is 86.3 Å². The second kappa shape index (κ2) is 11.1. The molecule has 11 rings (SSSR count). The lowest BCUT2D eigenvalue weighted by atomic mass is 9.82. The molecule has 258 valence electrons. The Morgan fingerprint density at radius 3 is 1.52 bits per heavy atom. The van der Waals surface area contributed by atoms with E-state index in [2.05, 4.69) is 190 Å². The fourth-order valence-corrected chi connectivity index (χ4v) is 9.83. The number of anilines is 3. The number of nitrogens with zero attached hydrogens (tertiary/aromatic N) is 1. The second-order valence-corrected chi connectivity index (χ2v) is 16.1. The molecule has 0 fully saturated rings. The van der Waals surface area contributed by atoms with E-state index in [9.17, 15) is 0 Å². The lowest BCUT2D eigenvalue weighted by Crippen LogP contribution is -2.17. The molecule has 54 heavy (non-hydrogen) atoms. The summed E-state index contributed by atoms with van der Waals surface area (Å²) in [6, 6.07) is 60.3. The lowest BCUT2D eigenvalue weighted by molar-refractivity contribution is 0.660. The molecule has 2 nitrogen and oxygen atoms in total. The minimum absolute atomic E-state index is 0.109. The fraction of sp³-hybridized carbons (Fsp3) is 0.115. The summed E-state index contributed by atoms with van der Waals surface area (Å²) in [5.74, 6) is 0. The van der Waals surface area contributed by atoms with Crippen LogP contribution in [0, 0.1) is 0 Å². The highest BCUT2D eigenvalue weighted by molar-refractivity contribution is 6.19. The third kappa shape index (κ3) is 4.17. The molecule has 2 aliphatic rings. The maximum Gasteiger partial charge on any atom is 0.143 e. The van der Waals surface area contributed by atoms with Gasteiger partial charge in [-0.15, -0.1) is 0 Å². The zero-order valence-electron chi connectivity index (χ0n) is 30.9. The zero-order valence-corrected chi connectivity index (χ0v) is 30.9. The van der Waals surface area contributed by atoms with E-state index >= 15 is 0 Å². The molecule has 0 saturated carbocycles. The Bertz CT molecular complexity index is 2890. The van der Waals surface area contributed by atoms with Gasteiger partial charge in [-0.3, -0.25) is 0 Å². The highest BCUT2D eigenvalue weighted by Gasteiger charge is 2.40. The van der Waals surface area contributed by atoms with Crippen molar-refractivity contribution in [3.63, 3.8) is 0 Å². The summed E-state index contributed by atoms with van der Waals surface area (Å²) in [4.78, 5) is 2.53. The number of furan rings is 1. The van der Waals surface area contributed by atoms with Crippen molar-refractivity contribution >= 4 is 49.8 Å². The van der Waals surface area contributed by atoms with E-state index in [0.29, 0.717) is 0 Å². The Labute approximate surface area is 315 Å². The van der Waals surface area contributed by atoms with Crippen LogP contribution in [0.2, 0.25) is 0 Å². The first-order valence-corrected chi connectivity index (χ1v) is 19.0. The number of hydrogen-bond acceptors (Lipinski definition) is 2. The second-order valence-electron chi connectivity index (χ2n) is 16.1. The number of rotatable bonds is 4. The minimum Gasteiger partial charge on any atom is -0.455 e. The van der Waals surface area contributed by atoms with Crippen LogP contribution in [0.3, 0.4) is 0 Å². The van der Waals surface area contributed by atoms with Crippen LogP contribution in [0.25, 0.3) is 66.1 Å². The molecule has 9 aromatic rings. The molecule has 0 spiro atoms. The van der Waals surface area contributed by atoms with Crippen molar-refractivity contribution < 1.29 is 4.42 Å². The van der Waals surface area contributed by atoms with Crippen LogP contribution in [-0.4, -0.2) is 0 Å². The Balaban J connectivity index is 1.16. The molecule has 0 atom stereocenters. The normalized spacial score (nSPS) is 14.6. The summed E-state index contributed by atoms with van der Waals surface area (Å²) < 4.78 is 6.45. The molecule has 2 heteroatoms. The lowest BCUT2D eigenvalue weighted by Gasteiger charge is -2.31. The molecule has 1 heterocycles. The van der Waals surface area contributed by atoms with E-state index in [1.807, 2.05) is 6.07 Å². The molecule has 0 N–H and O–H groups in total. The van der Waals surface area contributed by atoms with E-state index in [1.54, 1.807) is 0 Å². The SMILES string of the molecule is CC1(C)c2ccccc2-c2c(N(c3ccc(-c4cc5c6ccccc6oc5c5ccccc45)cc3)c3cccc4c3-c3ccccc3C4(C)C)cccc21. The Kier molecular flexibility index (Phi) is 6.39. The van der Waals surface area contributed by atoms with Gasteiger partial charge in [-0.2, -0.15) is 0 Å². The van der Waals surface area contributed by atoms with Gasteiger partial charge in [0, 0.05) is 43.8 Å². The maximum atomic E-state index is 6.45. The van der Waals surface area contributed by atoms with Gasteiger partial charge in [0.05, 0.1) is 11.4 Å². The van der Waals surface area contributed by atoms with Crippen molar-refractivity contribution in [2.24, 2.45) is 0 Å². The topological polar surface area (TPSA) is 16.4 Å². The maximum absolute atomic E-state index is 6.45. The number of benzene rings is 8. The first-order chi connectivity index (χ1) is 26.3. The van der Waals surface area contributed by atoms with E-state index in [0.717, 1.165) is 33.0 Å². The Morgan fingerprint density at radius 2 is 0.907 bits per heavy atom. The quantitative estimate of drug-likeness (QED) is 0.182. The van der Waals surface area contributed by atoms with E-state index in [4.69, 9.17) is 4.42 Å². The molecular formula is C52H39NO. The van der Waals surface area contributed by atoms with Gasteiger partial charge in [0.1, 0.15) is 11.2 Å². The van der Waals surface area contributed by atoms with E-state index in [-0.39, 0.29) is 10.8 Å². The smallest absolute Gasteiger partial charge is 0.143 e. The average molecular weight is 694 g/mol. The summed E-state index contributed by atoms with van der Waals surface area (Å²) in [6.07, 6.45) is 0. The molecule has 0 radical (unpaired) electrons. The third-order valence-corrected chi connectivity index (χ3v) is 12.5. The third-order valence-electron chi connectivity index (χ3n) is 12.5. The van der Waals surface area contributed by atoms with E-state index < -0.39 is 0 Å². The van der Waals surface area contributed by atoms with Crippen molar-refractivity contribution in [2.45, 2.75) is 38.5 Å². The van der Waals surface area contributed by atoms with Gasteiger partial charge >= 0.3 is 0 Å². The molecule has 0 amide bonds. The standard InChI is InChI=1S/C52H39NO/c1-51(2)41-20-10-7-18-37(41)48-43(51)22-13-24-45(48)53(46-25-14-23-44-49(46)38-19-8-11-21-42(38)52(44,3)4)33-29-27-32(28-30-33)39-31-40-35-16-9-12-26-47(35)54-50(40)36-17-6-5-15-34(36)39/h5-31H,1-4H3. The van der Waals surface area contributed by atoms with Crippen molar-refractivity contribution in [1.82, 2.24) is 0 Å². The molecule has 8 aromatic carbocycles. The molecule has 0 saturated heterocycles. The summed E-state index contributed by atoms with van der Waals surface area (Å²) >= 11 is 0. The van der Waals surface area contributed by atoms with Crippen LogP contribution in [0.5, 0.6) is 0 Å². The van der Waals surface area contributed by atoms with Crippen molar-refractivity contribution in [2.75, 3.05) is 4.90 Å². The molecule has 1 aromatic heterocycles. The Hall–Kier alpha value is -6.38. The summed E-state index contributed by atoms with van der Waals surface area (Å²) in [5, 5.41) is 4.61. The number of hydrogen-bond donors (Lipinski definition) is 0. The molecule has 0 unspecified atom stereocenters. The van der Waals surface area contributed by atoms with Crippen LogP contribution in [0.15, 0.2) is 168 Å². The minimum atomic E-state index is -0.109. The first-order valence-electron chi connectivity index (χ1n) is 19.0. The van der Waals surface area contributed by atoms with Crippen LogP contribution in [0.4, 0.5) is 17.1 Å². The number of fused-ring (bicyclic) bond motifs is 11. The fourth-order valence-electron chi connectivity index (χ4n) is 9.83. The molecule has 2 aliphatic carbocycles. The van der Waals surface area contributed by atoms with Crippen LogP contribution in [0.1, 0.15) is 49.9 Å². The summed E-state index contributed by atoms with van der Waals surface area (Å²) in [6.45, 7) is 9.46. The molecule has 0 aliphatic heterocycles. The van der Waals surface area contributed by atoms with Gasteiger partial charge in [0.25, 0.3) is 0 Å². The van der Waals surface area contributed by atoms with Crippen molar-refractivity contribution in [3.05, 3.63) is 186 Å². The van der Waals surface area contributed by atoms with Gasteiger partial charge in [-0.25, -0.2) is 0 Å². The summed E-state index contributed by atoms with van der Waals surface area (Å²) in [7, 11) is 0. The monoisotopic (exact) mass is 693 g/mol. The zero-order chi connectivity index (χ0) is 36.3. The highest BCUT2D eigenvalue weighted by atomic mass is 16.3. The van der Waals surface area contributed by atoms with Crippen LogP contribution >= 0.6 is 0 Å². The predicted molar refractivity (Wildman–Crippen MR) is 226 cm³/mol. The highest BCUT2D eigenvalue weighted by Crippen LogP contribution is 2.58. The molecule has 0 bridgehead atoms. The van der Waals surface area contributed by atoms with Gasteiger partial charge in [0.2, 0.25) is 0 Å². The first kappa shape index (κ1) is 31.2. The predicted octanol–water partition coefficient (Wildman–Crippen LogP) is 14.5. The summed E-state index contributed by atoms with van der Waals surface area (Å²) in [5.41, 5.74) is 18.3. The van der Waals surface area contributed by atoms with E-state index in [1.165, 1.54) is 72.4 Å². The van der Waals surface area contributed by atoms with Crippen molar-refractivity contribution in [1.29, 1.82) is 0 Å². The Morgan fingerprint density at radius 1 is 0.407 bits per heavy atom. The van der Waals surface area contributed by atoms with Crippen molar-refractivity contribution in [3.8, 4) is 33.4 Å². The largest absolute Gasteiger partial charge is 0.455 e. The van der Waals surface area contributed by atoms with Gasteiger partial charge in [-0.1, -0.05) is 155 Å². The number of para-hydroxylation sites is 1. The van der Waals surface area contributed by atoms with Crippen LogP contribution in [-0.2, 0) is 10.8 Å². The molecular weight excluding hydrogens is 655 g/mol. The van der Waals surface area contributed by atoms with Crippen LogP contribution < -0.4 is 4.90 Å². The average Bonchev–Trinajstić information content (AvgIpc) is 3.79.